The molecule has 0 aliphatic carbocycles. The Morgan fingerprint density at radius 2 is 1.64 bits per heavy atom. The predicted octanol–water partition coefficient (Wildman–Crippen LogP) is 2.84. The molecule has 5 nitrogen and oxygen atoms in total. The van der Waals surface area contributed by atoms with Crippen molar-refractivity contribution in [2.45, 2.75) is 20.3 Å². The van der Waals surface area contributed by atoms with Crippen LogP contribution in [0.2, 0.25) is 0 Å². The topological polar surface area (TPSA) is 78.4 Å². The highest BCUT2D eigenvalue weighted by Gasteiger charge is 2.16. The lowest BCUT2D eigenvalue weighted by Crippen LogP contribution is -2.29. The van der Waals surface area contributed by atoms with Crippen LogP contribution in [0.5, 0.6) is 5.75 Å². The summed E-state index contributed by atoms with van der Waals surface area (Å²) in [5.41, 5.74) is 2.62. The van der Waals surface area contributed by atoms with Crippen LogP contribution in [-0.2, 0) is 16.0 Å². The third-order valence-corrected chi connectivity index (χ3v) is 3.25. The molecule has 2 aromatic carbocycles. The normalized spacial score (nSPS) is 10.1. The Morgan fingerprint density at radius 1 is 1.00 bits per heavy atom. The number of hydrogen-bond acceptors (Lipinski definition) is 3. The molecule has 0 aliphatic heterocycles. The Morgan fingerprint density at radius 3 is 2.27 bits per heavy atom. The summed E-state index contributed by atoms with van der Waals surface area (Å²) in [6.45, 7) is 3.79. The summed E-state index contributed by atoms with van der Waals surface area (Å²) in [5.74, 6) is -1.68. The highest BCUT2D eigenvalue weighted by atomic mass is 16.3. The van der Waals surface area contributed by atoms with Gasteiger partial charge in [0.05, 0.1) is 5.69 Å². The quantitative estimate of drug-likeness (QED) is 0.602. The zero-order valence-corrected chi connectivity index (χ0v) is 12.5. The van der Waals surface area contributed by atoms with Gasteiger partial charge in [-0.15, -0.1) is 0 Å². The van der Waals surface area contributed by atoms with Crippen LogP contribution < -0.4 is 10.6 Å². The number of rotatable bonds is 3. The van der Waals surface area contributed by atoms with Crippen LogP contribution in [0.3, 0.4) is 0 Å². The highest BCUT2D eigenvalue weighted by molar-refractivity contribution is 6.43. The molecule has 5 heteroatoms. The molecule has 0 aliphatic rings. The smallest absolute Gasteiger partial charge is 0.314 e. The van der Waals surface area contributed by atoms with E-state index in [4.69, 9.17) is 0 Å². The van der Waals surface area contributed by atoms with Crippen molar-refractivity contribution in [2.24, 2.45) is 0 Å². The van der Waals surface area contributed by atoms with Gasteiger partial charge in [-0.05, 0) is 42.7 Å². The molecule has 0 spiro atoms. The van der Waals surface area contributed by atoms with Gasteiger partial charge in [0, 0.05) is 5.69 Å². The maximum atomic E-state index is 12.0. The molecule has 0 atom stereocenters. The lowest BCUT2D eigenvalue weighted by Gasteiger charge is -2.10. The lowest BCUT2D eigenvalue weighted by atomic mass is 10.1. The first-order valence-corrected chi connectivity index (χ1v) is 7.01. The Labute approximate surface area is 129 Å². The van der Waals surface area contributed by atoms with Gasteiger partial charge in [-0.1, -0.05) is 31.2 Å². The second kappa shape index (κ2) is 6.76. The van der Waals surface area contributed by atoms with Gasteiger partial charge >= 0.3 is 11.8 Å². The van der Waals surface area contributed by atoms with Crippen molar-refractivity contribution < 1.29 is 14.7 Å². The fourth-order valence-electron chi connectivity index (χ4n) is 2.06. The molecule has 2 rings (SSSR count). The minimum Gasteiger partial charge on any atom is -0.506 e. The van der Waals surface area contributed by atoms with Crippen molar-refractivity contribution in [1.82, 2.24) is 0 Å². The molecular formula is C17H18N2O3. The van der Waals surface area contributed by atoms with Crippen molar-refractivity contribution in [1.29, 1.82) is 0 Å². The number of phenols is 1. The van der Waals surface area contributed by atoms with E-state index in [1.54, 1.807) is 24.3 Å². The maximum Gasteiger partial charge on any atom is 0.314 e. The number of hydrogen-bond donors (Lipinski definition) is 3. The van der Waals surface area contributed by atoms with Crippen molar-refractivity contribution in [3.8, 4) is 5.75 Å². The summed E-state index contributed by atoms with van der Waals surface area (Å²) in [6, 6.07) is 12.1. The van der Waals surface area contributed by atoms with E-state index < -0.39 is 11.8 Å². The molecule has 0 saturated carbocycles. The SMILES string of the molecule is CCc1ccccc1NC(=O)C(=O)Nc1ccc(C)cc1O. The number of nitrogens with one attached hydrogen (secondary N) is 2. The highest BCUT2D eigenvalue weighted by Crippen LogP contribution is 2.24. The van der Waals surface area contributed by atoms with Gasteiger partial charge < -0.3 is 15.7 Å². The predicted molar refractivity (Wildman–Crippen MR) is 85.9 cm³/mol. The first kappa shape index (κ1) is 15.6. The van der Waals surface area contributed by atoms with Crippen LogP contribution in [-0.4, -0.2) is 16.9 Å². The van der Waals surface area contributed by atoms with Crippen LogP contribution in [0.4, 0.5) is 11.4 Å². The van der Waals surface area contributed by atoms with E-state index in [9.17, 15) is 14.7 Å². The van der Waals surface area contributed by atoms with E-state index in [0.717, 1.165) is 17.5 Å². The Kier molecular flexibility index (Phi) is 4.78. The summed E-state index contributed by atoms with van der Waals surface area (Å²) in [6.07, 6.45) is 0.747. The number of anilines is 2. The standard InChI is InChI=1S/C17H18N2O3/c1-3-12-6-4-5-7-13(12)18-16(21)17(22)19-14-9-8-11(2)10-15(14)20/h4-10,20H,3H2,1-2H3,(H,18,21)(H,19,22). The average Bonchev–Trinajstić information content (AvgIpc) is 2.50. The molecule has 0 fully saturated rings. The van der Waals surface area contributed by atoms with Gasteiger partial charge in [-0.25, -0.2) is 0 Å². The molecule has 114 valence electrons. The molecule has 0 aromatic heterocycles. The molecule has 2 amide bonds. The molecule has 2 aromatic rings. The summed E-state index contributed by atoms with van der Waals surface area (Å²) in [5, 5.41) is 14.7. The molecule has 3 N–H and O–H groups in total. The van der Waals surface area contributed by atoms with Crippen molar-refractivity contribution in [3.05, 3.63) is 53.6 Å². The zero-order valence-electron chi connectivity index (χ0n) is 12.5. The van der Waals surface area contributed by atoms with E-state index >= 15 is 0 Å². The molecule has 0 heterocycles. The number of aromatic hydroxyl groups is 1. The van der Waals surface area contributed by atoms with E-state index in [1.807, 2.05) is 26.0 Å². The third kappa shape index (κ3) is 3.63. The molecule has 22 heavy (non-hydrogen) atoms. The summed E-state index contributed by atoms with van der Waals surface area (Å²) < 4.78 is 0. The fraction of sp³-hybridized carbons (Fsp3) is 0.176. The van der Waals surface area contributed by atoms with E-state index in [0.29, 0.717) is 5.69 Å². The van der Waals surface area contributed by atoms with E-state index in [2.05, 4.69) is 10.6 Å². The maximum absolute atomic E-state index is 12.0. The Hall–Kier alpha value is -2.82. The minimum absolute atomic E-state index is 0.0740. The van der Waals surface area contributed by atoms with Crippen LogP contribution in [0, 0.1) is 6.92 Å². The van der Waals surface area contributed by atoms with Gasteiger partial charge in [0.1, 0.15) is 5.75 Å². The van der Waals surface area contributed by atoms with Crippen molar-refractivity contribution in [3.63, 3.8) is 0 Å². The number of carbonyl (C=O) groups excluding carboxylic acids is 2. The van der Waals surface area contributed by atoms with Gasteiger partial charge in [0.25, 0.3) is 0 Å². The summed E-state index contributed by atoms with van der Waals surface area (Å²) in [7, 11) is 0. The lowest BCUT2D eigenvalue weighted by molar-refractivity contribution is -0.133. The molecule has 0 unspecified atom stereocenters. The zero-order chi connectivity index (χ0) is 16.1. The minimum atomic E-state index is -0.829. The monoisotopic (exact) mass is 298 g/mol. The van der Waals surface area contributed by atoms with E-state index in [1.165, 1.54) is 6.07 Å². The molecule has 0 saturated heterocycles. The average molecular weight is 298 g/mol. The largest absolute Gasteiger partial charge is 0.506 e. The van der Waals surface area contributed by atoms with Crippen LogP contribution in [0.15, 0.2) is 42.5 Å². The van der Waals surface area contributed by atoms with Gasteiger partial charge in [0.15, 0.2) is 0 Å². The number of carbonyl (C=O) groups is 2. The number of amides is 2. The molecule has 0 radical (unpaired) electrons. The second-order valence-electron chi connectivity index (χ2n) is 4.94. The van der Waals surface area contributed by atoms with Crippen molar-refractivity contribution in [2.75, 3.05) is 10.6 Å². The fourth-order valence-corrected chi connectivity index (χ4v) is 2.06. The second-order valence-corrected chi connectivity index (χ2v) is 4.94. The molecular weight excluding hydrogens is 280 g/mol. The number of para-hydroxylation sites is 1. The third-order valence-electron chi connectivity index (χ3n) is 3.25. The summed E-state index contributed by atoms with van der Waals surface area (Å²) >= 11 is 0. The first-order valence-electron chi connectivity index (χ1n) is 7.01. The Balaban J connectivity index is 2.08. The number of benzene rings is 2. The van der Waals surface area contributed by atoms with E-state index in [-0.39, 0.29) is 11.4 Å². The van der Waals surface area contributed by atoms with Gasteiger partial charge in [-0.3, -0.25) is 9.59 Å². The molecule has 0 bridgehead atoms. The van der Waals surface area contributed by atoms with Crippen LogP contribution in [0.1, 0.15) is 18.1 Å². The first-order chi connectivity index (χ1) is 10.5. The van der Waals surface area contributed by atoms with Crippen LogP contribution in [0.25, 0.3) is 0 Å². The number of phenolic OH excluding ortho intramolecular Hbond substituents is 1. The van der Waals surface area contributed by atoms with Gasteiger partial charge in [-0.2, -0.15) is 0 Å². The Bertz CT molecular complexity index is 711. The van der Waals surface area contributed by atoms with Crippen LogP contribution >= 0.6 is 0 Å². The number of aryl methyl sites for hydroxylation is 2. The van der Waals surface area contributed by atoms with Crippen molar-refractivity contribution >= 4 is 23.2 Å². The van der Waals surface area contributed by atoms with Gasteiger partial charge in [0.2, 0.25) is 0 Å². The summed E-state index contributed by atoms with van der Waals surface area (Å²) in [4.78, 5) is 23.9.